The quantitative estimate of drug-likeness (QED) is 0.762. The predicted octanol–water partition coefficient (Wildman–Crippen LogP) is 5.42. The second kappa shape index (κ2) is 7.79. The van der Waals surface area contributed by atoms with Gasteiger partial charge in [-0.2, -0.15) is 0 Å². The van der Waals surface area contributed by atoms with E-state index in [0.29, 0.717) is 18.7 Å². The molecule has 1 N–H and O–H groups in total. The summed E-state index contributed by atoms with van der Waals surface area (Å²) in [6.07, 6.45) is 1.47. The van der Waals surface area contributed by atoms with Crippen LogP contribution in [-0.4, -0.2) is 18.2 Å². The van der Waals surface area contributed by atoms with Gasteiger partial charge in [-0.25, -0.2) is 8.78 Å². The fourth-order valence-electron chi connectivity index (χ4n) is 2.89. The van der Waals surface area contributed by atoms with Crippen molar-refractivity contribution in [2.75, 3.05) is 11.9 Å². The highest BCUT2D eigenvalue weighted by molar-refractivity contribution is 6.41. The summed E-state index contributed by atoms with van der Waals surface area (Å²) in [6, 6.07) is 10.3. The molecule has 2 aromatic carbocycles. The van der Waals surface area contributed by atoms with Crippen LogP contribution in [0.15, 0.2) is 52.5 Å². The van der Waals surface area contributed by atoms with Crippen LogP contribution in [0.25, 0.3) is 5.57 Å². The highest BCUT2D eigenvalue weighted by Gasteiger charge is 2.19. The van der Waals surface area contributed by atoms with Crippen LogP contribution in [0, 0.1) is 11.6 Å². The lowest BCUT2D eigenvalue weighted by Gasteiger charge is -2.17. The molecule has 0 radical (unpaired) electrons. The molecule has 3 rings (SSSR count). The normalized spacial score (nSPS) is 14.2. The van der Waals surface area contributed by atoms with Crippen molar-refractivity contribution in [2.24, 2.45) is 4.99 Å². The SMILES string of the molecule is CCC1=NCCC(Cl)=C1c1ccc(NC(=O)c2c(F)cccc2F)cc1. The van der Waals surface area contributed by atoms with E-state index in [0.717, 1.165) is 40.4 Å². The summed E-state index contributed by atoms with van der Waals surface area (Å²) in [5.41, 5.74) is 2.59. The monoisotopic (exact) mass is 374 g/mol. The number of allylic oxidation sites excluding steroid dienone is 1. The third kappa shape index (κ3) is 3.68. The molecule has 6 heteroatoms. The third-order valence-corrected chi connectivity index (χ3v) is 4.53. The Labute approximate surface area is 155 Å². The number of hydrogen-bond donors (Lipinski definition) is 1. The van der Waals surface area contributed by atoms with E-state index in [-0.39, 0.29) is 0 Å². The molecule has 1 amide bonds. The fraction of sp³-hybridized carbons (Fsp3) is 0.200. The molecule has 0 atom stereocenters. The Morgan fingerprint density at radius 1 is 1.15 bits per heavy atom. The Bertz CT molecular complexity index is 884. The van der Waals surface area contributed by atoms with Crippen molar-refractivity contribution in [1.29, 1.82) is 0 Å². The molecule has 0 bridgehead atoms. The number of halogens is 3. The number of rotatable bonds is 4. The van der Waals surface area contributed by atoms with Gasteiger partial charge in [0.15, 0.2) is 0 Å². The molecule has 0 saturated heterocycles. The third-order valence-electron chi connectivity index (χ3n) is 4.15. The number of dihydropyridines is 1. The first kappa shape index (κ1) is 18.3. The summed E-state index contributed by atoms with van der Waals surface area (Å²) in [5.74, 6) is -2.64. The van der Waals surface area contributed by atoms with Crippen molar-refractivity contribution in [2.45, 2.75) is 19.8 Å². The Hall–Kier alpha value is -2.53. The van der Waals surface area contributed by atoms with Gasteiger partial charge >= 0.3 is 0 Å². The van der Waals surface area contributed by atoms with E-state index < -0.39 is 23.1 Å². The molecule has 0 fully saturated rings. The molecule has 1 aliphatic rings. The number of aliphatic imine (C=N–C) groups is 1. The lowest BCUT2D eigenvalue weighted by atomic mass is 9.96. The first-order chi connectivity index (χ1) is 12.5. The van der Waals surface area contributed by atoms with Gasteiger partial charge in [0.05, 0.1) is 0 Å². The Morgan fingerprint density at radius 2 is 1.81 bits per heavy atom. The van der Waals surface area contributed by atoms with Crippen LogP contribution < -0.4 is 5.32 Å². The minimum absolute atomic E-state index is 0.434. The highest BCUT2D eigenvalue weighted by atomic mass is 35.5. The van der Waals surface area contributed by atoms with Crippen LogP contribution in [0.1, 0.15) is 35.7 Å². The molecule has 0 unspecified atom stereocenters. The predicted molar refractivity (Wildman–Crippen MR) is 101 cm³/mol. The molecule has 0 aliphatic carbocycles. The maximum Gasteiger partial charge on any atom is 0.261 e. The molecule has 134 valence electrons. The summed E-state index contributed by atoms with van der Waals surface area (Å²) in [4.78, 5) is 16.7. The van der Waals surface area contributed by atoms with Gasteiger partial charge in [0.2, 0.25) is 0 Å². The zero-order valence-corrected chi connectivity index (χ0v) is 14.9. The van der Waals surface area contributed by atoms with E-state index in [4.69, 9.17) is 11.6 Å². The van der Waals surface area contributed by atoms with E-state index in [2.05, 4.69) is 10.3 Å². The Balaban J connectivity index is 1.82. The van der Waals surface area contributed by atoms with E-state index in [1.807, 2.05) is 19.1 Å². The summed E-state index contributed by atoms with van der Waals surface area (Å²) in [6.45, 7) is 2.71. The van der Waals surface area contributed by atoms with Crippen molar-refractivity contribution in [3.63, 3.8) is 0 Å². The molecule has 26 heavy (non-hydrogen) atoms. The summed E-state index contributed by atoms with van der Waals surface area (Å²) >= 11 is 6.38. The van der Waals surface area contributed by atoms with Crippen LogP contribution in [0.4, 0.5) is 14.5 Å². The number of carbonyl (C=O) groups is 1. The van der Waals surface area contributed by atoms with Gasteiger partial charge in [-0.15, -0.1) is 0 Å². The van der Waals surface area contributed by atoms with Crippen molar-refractivity contribution >= 4 is 34.5 Å². The topological polar surface area (TPSA) is 41.5 Å². The van der Waals surface area contributed by atoms with Gasteiger partial charge < -0.3 is 5.32 Å². The average Bonchev–Trinajstić information content (AvgIpc) is 2.62. The molecule has 0 aromatic heterocycles. The number of nitrogens with one attached hydrogen (secondary N) is 1. The Kier molecular flexibility index (Phi) is 5.47. The van der Waals surface area contributed by atoms with Crippen LogP contribution in [0.5, 0.6) is 0 Å². The van der Waals surface area contributed by atoms with Crippen molar-refractivity contribution in [1.82, 2.24) is 0 Å². The van der Waals surface area contributed by atoms with Crippen molar-refractivity contribution in [3.05, 3.63) is 70.3 Å². The minimum Gasteiger partial charge on any atom is -0.322 e. The zero-order chi connectivity index (χ0) is 18.7. The number of anilines is 1. The number of hydrogen-bond acceptors (Lipinski definition) is 2. The lowest BCUT2D eigenvalue weighted by molar-refractivity contribution is 0.101. The van der Waals surface area contributed by atoms with E-state index in [9.17, 15) is 13.6 Å². The maximum atomic E-state index is 13.7. The van der Waals surface area contributed by atoms with Gasteiger partial charge in [0.25, 0.3) is 5.91 Å². The second-order valence-electron chi connectivity index (χ2n) is 5.84. The molecule has 1 heterocycles. The van der Waals surface area contributed by atoms with Gasteiger partial charge in [-0.1, -0.05) is 36.7 Å². The standard InChI is InChI=1S/C20H17ClF2N2O/c1-2-17-18(14(21)10-11-24-17)12-6-8-13(9-7-12)25-20(26)19-15(22)4-3-5-16(19)23/h3-9H,2,10-11H2,1H3,(H,25,26). The summed E-state index contributed by atoms with van der Waals surface area (Å²) in [5, 5.41) is 3.27. The van der Waals surface area contributed by atoms with Crippen LogP contribution in [0.3, 0.4) is 0 Å². The number of amides is 1. The van der Waals surface area contributed by atoms with Crippen molar-refractivity contribution in [3.8, 4) is 0 Å². The number of benzene rings is 2. The number of nitrogens with zero attached hydrogens (tertiary/aromatic N) is 1. The molecule has 2 aromatic rings. The van der Waals surface area contributed by atoms with Gasteiger partial charge in [0.1, 0.15) is 17.2 Å². The van der Waals surface area contributed by atoms with Gasteiger partial charge in [-0.3, -0.25) is 9.79 Å². The molecular formula is C20H17ClF2N2O. The largest absolute Gasteiger partial charge is 0.322 e. The first-order valence-electron chi connectivity index (χ1n) is 8.29. The summed E-state index contributed by atoms with van der Waals surface area (Å²) < 4.78 is 27.4. The van der Waals surface area contributed by atoms with Gasteiger partial charge in [-0.05, 0) is 36.2 Å². The first-order valence-corrected chi connectivity index (χ1v) is 8.67. The average molecular weight is 375 g/mol. The summed E-state index contributed by atoms with van der Waals surface area (Å²) in [7, 11) is 0. The van der Waals surface area contributed by atoms with Crippen LogP contribution in [0.2, 0.25) is 0 Å². The van der Waals surface area contributed by atoms with Crippen LogP contribution >= 0.6 is 11.6 Å². The molecule has 1 aliphatic heterocycles. The maximum absolute atomic E-state index is 13.7. The van der Waals surface area contributed by atoms with Gasteiger partial charge in [0, 0.05) is 35.0 Å². The van der Waals surface area contributed by atoms with E-state index >= 15 is 0 Å². The fourth-order valence-corrected chi connectivity index (χ4v) is 3.19. The lowest BCUT2D eigenvalue weighted by Crippen LogP contribution is -2.16. The molecule has 3 nitrogen and oxygen atoms in total. The molecular weight excluding hydrogens is 358 g/mol. The zero-order valence-electron chi connectivity index (χ0n) is 14.2. The Morgan fingerprint density at radius 3 is 2.42 bits per heavy atom. The molecule has 0 spiro atoms. The molecule has 0 saturated carbocycles. The smallest absolute Gasteiger partial charge is 0.261 e. The van der Waals surface area contributed by atoms with Crippen molar-refractivity contribution < 1.29 is 13.6 Å². The minimum atomic E-state index is -0.901. The second-order valence-corrected chi connectivity index (χ2v) is 6.30. The number of carbonyl (C=O) groups excluding carboxylic acids is 1. The van der Waals surface area contributed by atoms with E-state index in [1.165, 1.54) is 6.07 Å². The highest BCUT2D eigenvalue weighted by Crippen LogP contribution is 2.30. The van der Waals surface area contributed by atoms with E-state index in [1.54, 1.807) is 12.1 Å². The van der Waals surface area contributed by atoms with Crippen LogP contribution in [-0.2, 0) is 0 Å².